The van der Waals surface area contributed by atoms with Crippen molar-refractivity contribution in [1.29, 1.82) is 0 Å². The van der Waals surface area contributed by atoms with Gasteiger partial charge in [-0.05, 0) is 362 Å². The molecule has 0 aliphatic heterocycles. The number of rotatable bonds is 10. The second kappa shape index (κ2) is 33.0. The lowest BCUT2D eigenvalue weighted by Gasteiger charge is -2.23. The predicted molar refractivity (Wildman–Crippen MR) is 648 cm³/mol. The molecule has 0 radical (unpaired) electrons. The molecule has 34 aromatic rings. The summed E-state index contributed by atoms with van der Waals surface area (Å²) in [6, 6.07) is 16.9. The molecule has 688 valence electrons. The Kier molecular flexibility index (Phi) is 10.00. The number of benzene rings is 34. The van der Waals surface area contributed by atoms with Gasteiger partial charge in [-0.1, -0.05) is 508 Å². The number of fused-ring (bicyclic) bond motifs is 3. The first-order chi connectivity index (χ1) is 98.6. The highest BCUT2D eigenvalue weighted by molar-refractivity contribution is 6.34. The molecule has 0 saturated heterocycles. The van der Waals surface area contributed by atoms with Gasteiger partial charge < -0.3 is 0 Å². The summed E-state index contributed by atoms with van der Waals surface area (Å²) in [5.74, 6) is 0. The van der Waals surface area contributed by atoms with Crippen molar-refractivity contribution in [3.63, 3.8) is 0 Å². The Balaban J connectivity index is 0.000000125. The van der Waals surface area contributed by atoms with Crippen LogP contribution in [0.3, 0.4) is 0 Å². The molecule has 0 heteroatoms. The number of hydrogen-bond donors (Lipinski definition) is 0. The SMILES string of the molecule is [2H]c1c([2H])c(-c2c([2H])c([2H])c([2H])c3c([2H])c([2H])c([2H])c([2H])c23)c(-c2c([2H])c([2H])c3c([2H])c([2H])c4c([2H])c([2H])c([2H])c5c([2H])c([2H])c2c3c45)c([2H])c1-c1c([2H])c([2H])c2c([2H])c([2H])c3c([2H])c([2H])c([2H])c4c([2H])c([2H])c1c2c34.[2H]c1c([2H])c([2H])c(-c2cc(-c3ccc4ccc5cccc6ccc3c4c56)cc(-c3ccc4ccc5cccc6ccc3c4c56)c2-c2c([2H])c([2H])c([2H])c3c([2H])c([2H])c([2H])c([2H])c23)c([2H])c1[2H].[2H]c1c([2H])c2c([2H])c([2H])c3c([2H])c([2H])c(-c4ccc(-c5cccc6ccccc56)c(-c5c([2H])c([2H])c6c([2H])c([2H])c7c([2H])c([2H])c([2H])c8c([2H])c([2H])c5c6c78)c4)c4c([2H])c([2H])c(c1[2H])c2c34. The lowest BCUT2D eigenvalue weighted by atomic mass is 9.80. The quantitative estimate of drug-likeness (QED) is 0.120. The fraction of sp³-hybridized carbons (Fsp3) is 0. The van der Waals surface area contributed by atoms with Crippen LogP contribution in [0.4, 0.5) is 0 Å². The zero-order valence-corrected chi connectivity index (χ0v) is 77.3. The van der Waals surface area contributed by atoms with Crippen LogP contribution in [-0.2, 0) is 0 Å². The highest BCUT2D eigenvalue weighted by Gasteiger charge is 2.28. The van der Waals surface area contributed by atoms with E-state index in [9.17, 15) is 34.3 Å². The van der Waals surface area contributed by atoms with Crippen LogP contribution in [0.15, 0.2) is 532 Å². The van der Waals surface area contributed by atoms with Crippen LogP contribution in [0, 0.1) is 0 Å². The van der Waals surface area contributed by atoms with Crippen molar-refractivity contribution in [3.05, 3.63) is 532 Å². The molecule has 0 heterocycles. The van der Waals surface area contributed by atoms with Gasteiger partial charge >= 0.3 is 0 Å². The van der Waals surface area contributed by atoms with Crippen molar-refractivity contribution in [2.75, 3.05) is 0 Å². The maximum Gasteiger partial charge on any atom is 0.0636 e. The van der Waals surface area contributed by atoms with E-state index in [2.05, 4.69) is 48.5 Å². The Morgan fingerprint density at radius 2 is 0.427 bits per heavy atom. The van der Waals surface area contributed by atoms with Crippen LogP contribution in [0.2, 0.25) is 0 Å². The first kappa shape index (κ1) is 45.4. The summed E-state index contributed by atoms with van der Waals surface area (Å²) in [6.45, 7) is 0. The summed E-state index contributed by atoms with van der Waals surface area (Å²) < 4.78 is 530. The van der Waals surface area contributed by atoms with E-state index < -0.39 is 443 Å². The van der Waals surface area contributed by atoms with E-state index >= 15 is 0 Å². The first-order valence-electron chi connectivity index (χ1n) is 76.7. The van der Waals surface area contributed by atoms with E-state index in [1.165, 1.54) is 0 Å². The standard InChI is InChI=1S/C54H32.2C48H28/c1-2-9-34(10-3-1)48-31-41(43-27-23-39-21-19-35-13-6-15-37-25-29-46(43)52(39)50(35)37)32-49(54(48)45-18-8-12-33-11-4-5-17-42(33)45)44-28-24-40-22-20-36-14-7-16-38-26-30-47(44)53(40)51(36)38;2*1-2-12-37-29(6-1)7-5-13-39(37)40-25-22-36(38-23-18-34-16-14-30-8-3-10-32-20-26-42(38)47(34)45(30)32)28-44(40)41-24-19-35-17-15-31-9-4-11-33-21-27-43(41)48(35)46(31)33/h1-32H;2*1-28H/i1D,2D,3D,4D,5D,8D,9D,10D,11D,12D,17D,18D;1D,2D,3D,4D,5D,6D,7D,8D,9D,10D,11D,12D,13D,14D,15D,16D,17D,18D,19D,20D,21D,22D,23D,24D,25D,26D,27D,28D;3D,4D,8D,9D,10D,11D,14D,15D,16D,17D,18D,19D,20D,21D,23D,24D,26D,27D. The van der Waals surface area contributed by atoms with E-state index in [-0.39, 0.29) is 136 Å². The lowest BCUT2D eigenvalue weighted by molar-refractivity contribution is 1.58. The second-order valence-electron chi connectivity index (χ2n) is 36.7. The molecule has 0 aliphatic carbocycles. The first-order valence-corrected chi connectivity index (χ1v) is 47.7. The van der Waals surface area contributed by atoms with Crippen LogP contribution < -0.4 is 0 Å². The van der Waals surface area contributed by atoms with E-state index in [4.69, 9.17) is 45.2 Å². The molecule has 0 aromatic heterocycles. The van der Waals surface area contributed by atoms with Crippen LogP contribution in [0.5, 0.6) is 0 Å². The van der Waals surface area contributed by atoms with Crippen molar-refractivity contribution in [1.82, 2.24) is 0 Å². The van der Waals surface area contributed by atoms with Gasteiger partial charge in [-0.3, -0.25) is 0 Å². The third-order valence-electron chi connectivity index (χ3n) is 28.9. The molecule has 0 saturated carbocycles. The summed E-state index contributed by atoms with van der Waals surface area (Å²) in [4.78, 5) is 0. The maximum absolute atomic E-state index is 10.4. The summed E-state index contributed by atoms with van der Waals surface area (Å²) in [6.07, 6.45) is 0. The fourth-order valence-electron chi connectivity index (χ4n) is 22.4. The zero-order chi connectivity index (χ0) is 148. The van der Waals surface area contributed by atoms with Crippen LogP contribution in [0.1, 0.15) is 79.5 Å². The van der Waals surface area contributed by atoms with E-state index in [1.54, 1.807) is 24.3 Å². The molecule has 0 spiro atoms. The summed E-state index contributed by atoms with van der Waals surface area (Å²) in [5.41, 5.74) is -1.54. The molecule has 0 unspecified atom stereocenters. The van der Waals surface area contributed by atoms with Crippen LogP contribution >= 0.6 is 0 Å². The van der Waals surface area contributed by atoms with Gasteiger partial charge in [0.05, 0.1) is 79.5 Å². The van der Waals surface area contributed by atoms with Crippen LogP contribution in [0.25, 0.3) is 337 Å². The highest BCUT2D eigenvalue weighted by atomic mass is 14.3. The van der Waals surface area contributed by atoms with Gasteiger partial charge in [0.25, 0.3) is 0 Å². The smallest absolute Gasteiger partial charge is 0.0622 e. The van der Waals surface area contributed by atoms with Crippen molar-refractivity contribution >= 4 is 226 Å². The summed E-state index contributed by atoms with van der Waals surface area (Å²) in [7, 11) is 0. The Labute approximate surface area is 946 Å². The largest absolute Gasteiger partial charge is 0.0636 e. The highest BCUT2D eigenvalue weighted by Crippen LogP contribution is 2.55. The second-order valence-corrected chi connectivity index (χ2v) is 36.7. The molecule has 0 aliphatic rings. The predicted octanol–water partition coefficient (Wildman–Crippen LogP) is 42.6. The zero-order valence-electron chi connectivity index (χ0n) is 135. The summed E-state index contributed by atoms with van der Waals surface area (Å²) in [5, 5.41) is 4.48. The van der Waals surface area contributed by atoms with E-state index in [0.29, 0.717) is 27.8 Å². The van der Waals surface area contributed by atoms with E-state index in [0.717, 1.165) is 81.0 Å². The van der Waals surface area contributed by atoms with Crippen molar-refractivity contribution in [3.8, 4) is 111 Å². The van der Waals surface area contributed by atoms with Gasteiger partial charge in [0.2, 0.25) is 0 Å². The van der Waals surface area contributed by atoms with Gasteiger partial charge in [-0.25, -0.2) is 0 Å². The molecular formula is C150H88. The molecule has 0 fully saturated rings. The van der Waals surface area contributed by atoms with Gasteiger partial charge in [0.15, 0.2) is 0 Å². The minimum Gasteiger partial charge on any atom is -0.0622 e. The molecule has 0 bridgehead atoms. The molecule has 0 N–H and O–H groups in total. The lowest BCUT2D eigenvalue weighted by Crippen LogP contribution is -1.96. The minimum atomic E-state index is -1.14. The molecule has 0 atom stereocenters. The molecule has 34 rings (SSSR count). The maximum atomic E-state index is 10.4. The Morgan fingerprint density at radius 1 is 0.107 bits per heavy atom. The summed E-state index contributed by atoms with van der Waals surface area (Å²) >= 11 is 0. The average molecular weight is 1950 g/mol. The molecule has 150 heavy (non-hydrogen) atoms. The average Bonchev–Trinajstić information content (AvgIpc) is 0.663. The third kappa shape index (κ3) is 12.8. The molecule has 0 amide bonds. The Morgan fingerprint density at radius 3 is 0.953 bits per heavy atom. The molecule has 34 aromatic carbocycles. The van der Waals surface area contributed by atoms with Gasteiger partial charge in [-0.2, -0.15) is 0 Å². The van der Waals surface area contributed by atoms with Gasteiger partial charge in [0, 0.05) is 0 Å². The third-order valence-corrected chi connectivity index (χ3v) is 28.9. The molecular weight excluding hydrogens is 1800 g/mol. The normalized spacial score (nSPS) is 17.5. The van der Waals surface area contributed by atoms with Crippen LogP contribution in [-0.4, -0.2) is 0 Å². The minimum absolute atomic E-state index is 0.00957. The topological polar surface area (TPSA) is 0 Å². The van der Waals surface area contributed by atoms with Crippen molar-refractivity contribution in [2.24, 2.45) is 0 Å². The monoisotopic (exact) mass is 1950 g/mol. The Bertz CT molecular complexity index is 15300. The van der Waals surface area contributed by atoms with E-state index in [1.807, 2.05) is 109 Å². The fourth-order valence-corrected chi connectivity index (χ4v) is 22.4. The van der Waals surface area contributed by atoms with Crippen molar-refractivity contribution < 1.29 is 79.5 Å². The molecule has 0 nitrogen and oxygen atoms in total. The van der Waals surface area contributed by atoms with Gasteiger partial charge in [-0.15, -0.1) is 0 Å². The Hall–Kier alpha value is -19.5. The van der Waals surface area contributed by atoms with Gasteiger partial charge in [0.1, 0.15) is 0 Å². The van der Waals surface area contributed by atoms with Crippen molar-refractivity contribution in [2.45, 2.75) is 0 Å². The number of hydrogen-bond acceptors (Lipinski definition) is 0.